The van der Waals surface area contributed by atoms with Gasteiger partial charge < -0.3 is 49.2 Å². The lowest BCUT2D eigenvalue weighted by molar-refractivity contribution is -0.342. The summed E-state index contributed by atoms with van der Waals surface area (Å²) in [6, 6.07) is 0. The molecule has 2 aliphatic carbocycles. The maximum absolute atomic E-state index is 13.1. The number of rotatable bonds is 8. The number of esters is 2. The van der Waals surface area contributed by atoms with Gasteiger partial charge in [-0.1, -0.05) is 20.4 Å². The van der Waals surface area contributed by atoms with Crippen LogP contribution in [0.1, 0.15) is 33.1 Å². The number of aliphatic hydroxyl groups is 4. The van der Waals surface area contributed by atoms with Crippen LogP contribution >= 0.6 is 0 Å². The third-order valence-electron chi connectivity index (χ3n) is 8.96. The van der Waals surface area contributed by atoms with Gasteiger partial charge in [0.15, 0.2) is 6.29 Å². The fourth-order valence-corrected chi connectivity index (χ4v) is 6.60. The van der Waals surface area contributed by atoms with Crippen LogP contribution in [0.2, 0.25) is 0 Å². The average molecular weight is 571 g/mol. The summed E-state index contributed by atoms with van der Waals surface area (Å²) in [7, 11) is 1.22. The third kappa shape index (κ3) is 5.50. The van der Waals surface area contributed by atoms with Crippen molar-refractivity contribution in [2.45, 2.75) is 76.2 Å². The summed E-state index contributed by atoms with van der Waals surface area (Å²) in [5.41, 5.74) is 0.286. The van der Waals surface area contributed by atoms with Gasteiger partial charge in [-0.25, -0.2) is 9.59 Å². The second-order valence-corrected chi connectivity index (χ2v) is 11.2. The predicted octanol–water partition coefficient (Wildman–Crippen LogP) is -0.297. The molecule has 2 heterocycles. The van der Waals surface area contributed by atoms with Crippen LogP contribution in [0.4, 0.5) is 0 Å². The molecule has 13 heteroatoms. The van der Waals surface area contributed by atoms with Crippen LogP contribution in [0.3, 0.4) is 0 Å². The van der Waals surface area contributed by atoms with Crippen LogP contribution in [0, 0.1) is 35.5 Å². The number of aliphatic carboxylic acids is 1. The number of methoxy groups -OCH3 is 1. The van der Waals surface area contributed by atoms with E-state index in [1.807, 2.05) is 6.92 Å². The standard InChI is InChI=1S/C27H38O13/c1-10-5-6-13(18(10)23(32)33)11(2)24(34)38-16-7-14-15(25(35)36-4)9-37-26(19(14)12(16)3)40-27-22(31)21(30)20(29)17(8-28)39-27/h9-10,12-14,16-22,26-31H,2,5-8H2,1,3-4H3,(H,32,33). The number of hydrogen-bond acceptors (Lipinski definition) is 12. The first-order chi connectivity index (χ1) is 18.9. The van der Waals surface area contributed by atoms with Crippen LogP contribution in [0.15, 0.2) is 24.0 Å². The van der Waals surface area contributed by atoms with Crippen molar-refractivity contribution in [3.05, 3.63) is 24.0 Å². The first-order valence-corrected chi connectivity index (χ1v) is 13.4. The van der Waals surface area contributed by atoms with Gasteiger partial charge in [0.05, 0.1) is 31.5 Å². The molecule has 0 aromatic rings. The van der Waals surface area contributed by atoms with E-state index < -0.39 is 97.2 Å². The quantitative estimate of drug-likeness (QED) is 0.188. The van der Waals surface area contributed by atoms with Crippen LogP contribution in [-0.2, 0) is 38.1 Å². The second kappa shape index (κ2) is 12.1. The van der Waals surface area contributed by atoms with E-state index in [0.29, 0.717) is 12.8 Å². The zero-order valence-corrected chi connectivity index (χ0v) is 22.6. The molecular weight excluding hydrogens is 532 g/mol. The normalized spacial score (nSPS) is 42.8. The summed E-state index contributed by atoms with van der Waals surface area (Å²) in [6.45, 7) is 6.83. The number of ether oxygens (including phenoxy) is 5. The van der Waals surface area contributed by atoms with Crippen molar-refractivity contribution < 1.29 is 63.6 Å². The fraction of sp³-hybridized carbons (Fsp3) is 0.741. The molecule has 4 rings (SSSR count). The van der Waals surface area contributed by atoms with Crippen molar-refractivity contribution >= 4 is 17.9 Å². The highest BCUT2D eigenvalue weighted by Crippen LogP contribution is 2.49. The Hall–Kier alpha value is -2.55. The number of carboxylic acids is 1. The summed E-state index contributed by atoms with van der Waals surface area (Å²) < 4.78 is 27.8. The van der Waals surface area contributed by atoms with E-state index in [1.165, 1.54) is 13.4 Å². The monoisotopic (exact) mass is 570 g/mol. The van der Waals surface area contributed by atoms with E-state index in [0.717, 1.165) is 0 Å². The van der Waals surface area contributed by atoms with Gasteiger partial charge in [-0.2, -0.15) is 0 Å². The SMILES string of the molecule is C=C(C(=O)OC1CC2C(C(=O)OC)=COC(OC3OC(CO)C(O)C(O)C3O)C2C1C)C1CCC(C)C1C(=O)O. The maximum Gasteiger partial charge on any atom is 0.337 e. The minimum atomic E-state index is -1.67. The predicted molar refractivity (Wildman–Crippen MR) is 133 cm³/mol. The Bertz CT molecular complexity index is 1020. The highest BCUT2D eigenvalue weighted by Gasteiger charge is 2.55. The first-order valence-electron chi connectivity index (χ1n) is 13.4. The summed E-state index contributed by atoms with van der Waals surface area (Å²) in [5.74, 6) is -5.33. The minimum Gasteiger partial charge on any atom is -0.481 e. The third-order valence-corrected chi connectivity index (χ3v) is 8.96. The molecule has 0 aromatic heterocycles. The maximum atomic E-state index is 13.1. The molecule has 4 aliphatic rings. The van der Waals surface area contributed by atoms with E-state index in [4.69, 9.17) is 23.7 Å². The van der Waals surface area contributed by atoms with E-state index in [9.17, 15) is 39.9 Å². The Kier molecular flexibility index (Phi) is 9.22. The average Bonchev–Trinajstić information content (AvgIpc) is 3.48. The van der Waals surface area contributed by atoms with Gasteiger partial charge in [0, 0.05) is 29.2 Å². The molecule has 2 aliphatic heterocycles. The second-order valence-electron chi connectivity index (χ2n) is 11.2. The zero-order chi connectivity index (χ0) is 29.5. The van der Waals surface area contributed by atoms with E-state index in [-0.39, 0.29) is 23.5 Å². The molecule has 0 radical (unpaired) electrons. The lowest BCUT2D eigenvalue weighted by Gasteiger charge is -2.43. The Morgan fingerprint density at radius 2 is 1.77 bits per heavy atom. The van der Waals surface area contributed by atoms with Crippen molar-refractivity contribution in [1.82, 2.24) is 0 Å². The van der Waals surface area contributed by atoms with E-state index in [1.54, 1.807) is 6.92 Å². The van der Waals surface area contributed by atoms with Gasteiger partial charge in [-0.15, -0.1) is 0 Å². The molecule has 0 bridgehead atoms. The molecule has 3 fully saturated rings. The van der Waals surface area contributed by atoms with Crippen molar-refractivity contribution in [2.24, 2.45) is 35.5 Å². The van der Waals surface area contributed by atoms with Crippen LogP contribution in [-0.4, -0.2) is 100 Å². The Balaban J connectivity index is 1.52. The molecular formula is C27H38O13. The largest absolute Gasteiger partial charge is 0.481 e. The number of aliphatic hydroxyl groups excluding tert-OH is 4. The van der Waals surface area contributed by atoms with Crippen molar-refractivity contribution in [3.8, 4) is 0 Å². The van der Waals surface area contributed by atoms with Gasteiger partial charge in [0.25, 0.3) is 0 Å². The molecule has 2 saturated carbocycles. The van der Waals surface area contributed by atoms with Gasteiger partial charge in [0.1, 0.15) is 30.5 Å². The molecule has 0 aromatic carbocycles. The number of hydrogen-bond donors (Lipinski definition) is 5. The van der Waals surface area contributed by atoms with Crippen LogP contribution < -0.4 is 0 Å². The zero-order valence-electron chi connectivity index (χ0n) is 22.6. The fourth-order valence-electron chi connectivity index (χ4n) is 6.60. The van der Waals surface area contributed by atoms with Crippen molar-refractivity contribution in [3.63, 3.8) is 0 Å². The van der Waals surface area contributed by atoms with E-state index in [2.05, 4.69) is 6.58 Å². The van der Waals surface area contributed by atoms with E-state index >= 15 is 0 Å². The molecule has 0 amide bonds. The van der Waals surface area contributed by atoms with Crippen LogP contribution in [0.5, 0.6) is 0 Å². The summed E-state index contributed by atoms with van der Waals surface area (Å²) in [4.78, 5) is 37.5. The van der Waals surface area contributed by atoms with Crippen molar-refractivity contribution in [2.75, 3.05) is 13.7 Å². The molecule has 0 spiro atoms. The Morgan fingerprint density at radius 3 is 2.40 bits per heavy atom. The van der Waals surface area contributed by atoms with Gasteiger partial charge in [-0.05, 0) is 25.2 Å². The number of carboxylic acid groups (broad SMARTS) is 1. The minimum absolute atomic E-state index is 0.0907. The first kappa shape index (κ1) is 30.4. The topological polar surface area (TPSA) is 199 Å². The van der Waals surface area contributed by atoms with Crippen LogP contribution in [0.25, 0.3) is 0 Å². The Labute approximate surface area is 231 Å². The number of carbonyl (C=O) groups excluding carboxylic acids is 2. The molecule has 1 saturated heterocycles. The molecule has 13 nitrogen and oxygen atoms in total. The van der Waals surface area contributed by atoms with Gasteiger partial charge in [0.2, 0.25) is 6.29 Å². The molecule has 13 unspecified atom stereocenters. The smallest absolute Gasteiger partial charge is 0.337 e. The summed E-state index contributed by atoms with van der Waals surface area (Å²) in [5, 5.41) is 49.8. The molecule has 5 N–H and O–H groups in total. The molecule has 40 heavy (non-hydrogen) atoms. The number of fused-ring (bicyclic) bond motifs is 1. The summed E-state index contributed by atoms with van der Waals surface area (Å²) in [6.07, 6.45) is -6.90. The molecule has 224 valence electrons. The summed E-state index contributed by atoms with van der Waals surface area (Å²) >= 11 is 0. The Morgan fingerprint density at radius 1 is 1.07 bits per heavy atom. The van der Waals surface area contributed by atoms with Gasteiger partial charge >= 0.3 is 17.9 Å². The highest BCUT2D eigenvalue weighted by molar-refractivity contribution is 5.90. The van der Waals surface area contributed by atoms with Gasteiger partial charge in [-0.3, -0.25) is 4.79 Å². The number of carbonyl (C=O) groups is 3. The lowest BCUT2D eigenvalue weighted by Crippen LogP contribution is -2.60. The molecule has 13 atom stereocenters. The highest BCUT2D eigenvalue weighted by atomic mass is 16.8. The lowest BCUT2D eigenvalue weighted by atomic mass is 9.83. The van der Waals surface area contributed by atoms with Crippen molar-refractivity contribution in [1.29, 1.82) is 0 Å².